The summed E-state index contributed by atoms with van der Waals surface area (Å²) in [5, 5.41) is 4.01. The van der Waals surface area contributed by atoms with Crippen molar-refractivity contribution in [3.8, 4) is 5.75 Å². The van der Waals surface area contributed by atoms with Crippen molar-refractivity contribution in [3.05, 3.63) is 87.9 Å². The van der Waals surface area contributed by atoms with Crippen LogP contribution in [0.4, 0.5) is 0 Å². The SMILES string of the molecule is COc1ccccc1C(NC(=O)/C=C/c1ccc(Cl)cc1Cl)c1nccn1C. The van der Waals surface area contributed by atoms with Crippen molar-refractivity contribution in [2.24, 2.45) is 7.05 Å². The molecule has 1 aromatic heterocycles. The van der Waals surface area contributed by atoms with Crippen molar-refractivity contribution in [2.75, 3.05) is 7.11 Å². The molecule has 0 spiro atoms. The standard InChI is InChI=1S/C21H19Cl2N3O2/c1-26-12-11-24-21(26)20(16-5-3-4-6-18(16)28-2)25-19(27)10-8-14-7-9-15(22)13-17(14)23/h3-13,20H,1-2H3,(H,25,27)/b10-8+. The summed E-state index contributed by atoms with van der Waals surface area (Å²) in [7, 11) is 3.47. The molecule has 0 aliphatic rings. The van der Waals surface area contributed by atoms with E-state index in [-0.39, 0.29) is 5.91 Å². The lowest BCUT2D eigenvalue weighted by Gasteiger charge is -2.20. The average Bonchev–Trinajstić information content (AvgIpc) is 3.11. The molecule has 1 N–H and O–H groups in total. The molecule has 3 rings (SSSR count). The van der Waals surface area contributed by atoms with Gasteiger partial charge in [-0.3, -0.25) is 4.79 Å². The molecule has 1 heterocycles. The summed E-state index contributed by atoms with van der Waals surface area (Å²) in [4.78, 5) is 17.0. The van der Waals surface area contributed by atoms with Gasteiger partial charge in [-0.05, 0) is 29.8 Å². The third-order valence-electron chi connectivity index (χ3n) is 4.23. The Labute approximate surface area is 173 Å². The minimum Gasteiger partial charge on any atom is -0.496 e. The smallest absolute Gasteiger partial charge is 0.244 e. The van der Waals surface area contributed by atoms with Gasteiger partial charge in [-0.25, -0.2) is 4.98 Å². The molecule has 1 atom stereocenters. The summed E-state index contributed by atoms with van der Waals surface area (Å²) < 4.78 is 7.32. The largest absolute Gasteiger partial charge is 0.496 e. The number of methoxy groups -OCH3 is 1. The first-order valence-corrected chi connectivity index (χ1v) is 9.29. The van der Waals surface area contributed by atoms with E-state index in [1.807, 2.05) is 42.1 Å². The van der Waals surface area contributed by atoms with Gasteiger partial charge in [0.2, 0.25) is 5.91 Å². The molecule has 3 aromatic rings. The van der Waals surface area contributed by atoms with Crippen molar-refractivity contribution >= 4 is 35.2 Å². The van der Waals surface area contributed by atoms with Crippen LogP contribution in [0, 0.1) is 0 Å². The number of nitrogens with one attached hydrogen (secondary N) is 1. The number of imidazole rings is 1. The molecular formula is C21H19Cl2N3O2. The second-order valence-electron chi connectivity index (χ2n) is 6.08. The van der Waals surface area contributed by atoms with E-state index in [1.54, 1.807) is 37.6 Å². The van der Waals surface area contributed by atoms with Gasteiger partial charge in [-0.1, -0.05) is 47.5 Å². The van der Waals surface area contributed by atoms with Crippen LogP contribution < -0.4 is 10.1 Å². The van der Waals surface area contributed by atoms with Crippen LogP contribution in [0.25, 0.3) is 6.08 Å². The number of para-hydroxylation sites is 1. The number of halogens is 2. The number of hydrogen-bond donors (Lipinski definition) is 1. The van der Waals surface area contributed by atoms with Gasteiger partial charge in [0.15, 0.2) is 0 Å². The summed E-state index contributed by atoms with van der Waals surface area (Å²) >= 11 is 12.1. The van der Waals surface area contributed by atoms with E-state index in [9.17, 15) is 4.79 Å². The van der Waals surface area contributed by atoms with Gasteiger partial charge in [0.05, 0.1) is 7.11 Å². The number of rotatable bonds is 6. The van der Waals surface area contributed by atoms with Crippen LogP contribution in [-0.2, 0) is 11.8 Å². The highest BCUT2D eigenvalue weighted by Crippen LogP contribution is 2.29. The molecular weight excluding hydrogens is 397 g/mol. The second-order valence-corrected chi connectivity index (χ2v) is 6.92. The molecule has 1 amide bonds. The van der Waals surface area contributed by atoms with Crippen molar-refractivity contribution in [3.63, 3.8) is 0 Å². The average molecular weight is 416 g/mol. The molecule has 0 aliphatic carbocycles. The molecule has 1 unspecified atom stereocenters. The lowest BCUT2D eigenvalue weighted by molar-refractivity contribution is -0.117. The first-order chi connectivity index (χ1) is 13.5. The monoisotopic (exact) mass is 415 g/mol. The van der Waals surface area contributed by atoms with Gasteiger partial charge in [0.25, 0.3) is 0 Å². The molecule has 28 heavy (non-hydrogen) atoms. The van der Waals surface area contributed by atoms with E-state index in [0.29, 0.717) is 27.2 Å². The van der Waals surface area contributed by atoms with Crippen LogP contribution in [0.3, 0.4) is 0 Å². The lowest BCUT2D eigenvalue weighted by Crippen LogP contribution is -2.30. The molecule has 0 fully saturated rings. The number of nitrogens with zero attached hydrogens (tertiary/aromatic N) is 2. The molecule has 0 aliphatic heterocycles. The fourth-order valence-electron chi connectivity index (χ4n) is 2.83. The lowest BCUT2D eigenvalue weighted by atomic mass is 10.0. The topological polar surface area (TPSA) is 56.1 Å². The van der Waals surface area contributed by atoms with E-state index < -0.39 is 6.04 Å². The quantitative estimate of drug-likeness (QED) is 0.595. The predicted octanol–water partition coefficient (Wildman–Crippen LogP) is 4.65. The summed E-state index contributed by atoms with van der Waals surface area (Å²) in [6, 6.07) is 12.1. The highest BCUT2D eigenvalue weighted by atomic mass is 35.5. The number of carbonyl (C=O) groups excluding carboxylic acids is 1. The molecule has 0 radical (unpaired) electrons. The van der Waals surface area contributed by atoms with Gasteiger partial charge in [0, 0.05) is 41.1 Å². The molecule has 5 nitrogen and oxygen atoms in total. The van der Waals surface area contributed by atoms with Gasteiger partial charge in [-0.15, -0.1) is 0 Å². The Morgan fingerprint density at radius 1 is 1.25 bits per heavy atom. The van der Waals surface area contributed by atoms with Gasteiger partial charge in [-0.2, -0.15) is 0 Å². The van der Waals surface area contributed by atoms with E-state index in [4.69, 9.17) is 27.9 Å². The highest BCUT2D eigenvalue weighted by Gasteiger charge is 2.23. The molecule has 2 aromatic carbocycles. The van der Waals surface area contributed by atoms with Gasteiger partial charge in [0.1, 0.15) is 17.6 Å². The Morgan fingerprint density at radius 3 is 2.71 bits per heavy atom. The first-order valence-electron chi connectivity index (χ1n) is 8.53. The fourth-order valence-corrected chi connectivity index (χ4v) is 3.31. The van der Waals surface area contributed by atoms with E-state index in [2.05, 4.69) is 10.3 Å². The third-order valence-corrected chi connectivity index (χ3v) is 4.79. The number of hydrogen-bond acceptors (Lipinski definition) is 3. The first kappa shape index (κ1) is 20.0. The number of amides is 1. The highest BCUT2D eigenvalue weighted by molar-refractivity contribution is 6.35. The van der Waals surface area contributed by atoms with Crippen LogP contribution in [-0.4, -0.2) is 22.6 Å². The van der Waals surface area contributed by atoms with Crippen LogP contribution in [0.2, 0.25) is 10.0 Å². The molecule has 0 saturated heterocycles. The summed E-state index contributed by atoms with van der Waals surface area (Å²) in [5.74, 6) is 1.07. The van der Waals surface area contributed by atoms with Crippen molar-refractivity contribution in [1.82, 2.24) is 14.9 Å². The Kier molecular flexibility index (Phi) is 6.39. The maximum absolute atomic E-state index is 12.6. The number of ether oxygens (including phenoxy) is 1. The van der Waals surface area contributed by atoms with E-state index >= 15 is 0 Å². The molecule has 0 bridgehead atoms. The maximum Gasteiger partial charge on any atom is 0.244 e. The summed E-state index contributed by atoms with van der Waals surface area (Å²) in [5.41, 5.74) is 1.51. The zero-order valence-electron chi connectivity index (χ0n) is 15.4. The van der Waals surface area contributed by atoms with Crippen LogP contribution in [0.15, 0.2) is 60.9 Å². The third kappa shape index (κ3) is 4.55. The van der Waals surface area contributed by atoms with Crippen LogP contribution in [0.1, 0.15) is 23.0 Å². The fraction of sp³-hybridized carbons (Fsp3) is 0.143. The van der Waals surface area contributed by atoms with Crippen LogP contribution >= 0.6 is 23.2 Å². The minimum absolute atomic E-state index is 0.287. The Bertz CT molecular complexity index is 1010. The molecule has 0 saturated carbocycles. The zero-order valence-corrected chi connectivity index (χ0v) is 16.9. The normalized spacial score (nSPS) is 12.1. The van der Waals surface area contributed by atoms with Crippen molar-refractivity contribution in [1.29, 1.82) is 0 Å². The number of aryl methyl sites for hydroxylation is 1. The molecule has 7 heteroatoms. The number of aromatic nitrogens is 2. The summed E-state index contributed by atoms with van der Waals surface area (Å²) in [6.45, 7) is 0. The number of benzene rings is 2. The van der Waals surface area contributed by atoms with E-state index in [1.165, 1.54) is 6.08 Å². The molecule has 144 valence electrons. The van der Waals surface area contributed by atoms with Crippen molar-refractivity contribution < 1.29 is 9.53 Å². The number of carbonyl (C=O) groups is 1. The van der Waals surface area contributed by atoms with Gasteiger partial charge < -0.3 is 14.6 Å². The maximum atomic E-state index is 12.6. The summed E-state index contributed by atoms with van der Waals surface area (Å²) in [6.07, 6.45) is 6.59. The Balaban J connectivity index is 1.88. The predicted molar refractivity (Wildman–Crippen MR) is 112 cm³/mol. The Morgan fingerprint density at radius 2 is 2.04 bits per heavy atom. The van der Waals surface area contributed by atoms with Crippen LogP contribution in [0.5, 0.6) is 5.75 Å². The van der Waals surface area contributed by atoms with E-state index in [0.717, 1.165) is 5.56 Å². The van der Waals surface area contributed by atoms with Gasteiger partial charge >= 0.3 is 0 Å². The second kappa shape index (κ2) is 8.95. The Hall–Kier alpha value is -2.76. The zero-order chi connectivity index (χ0) is 20.1. The van der Waals surface area contributed by atoms with Crippen molar-refractivity contribution in [2.45, 2.75) is 6.04 Å². The minimum atomic E-state index is -0.478.